The van der Waals surface area contributed by atoms with Crippen molar-refractivity contribution in [1.82, 2.24) is 0 Å². The number of hydrogen-bond donors (Lipinski definition) is 0. The molecule has 0 unspecified atom stereocenters. The predicted octanol–water partition coefficient (Wildman–Crippen LogP) is 1.05. The van der Waals surface area contributed by atoms with Gasteiger partial charge in [0.05, 0.1) is 0 Å². The van der Waals surface area contributed by atoms with Gasteiger partial charge >= 0.3 is 0 Å². The van der Waals surface area contributed by atoms with E-state index in [9.17, 15) is 0 Å². The molecule has 0 spiro atoms. The first kappa shape index (κ1) is 9.48. The molecule has 2 heteroatoms. The van der Waals surface area contributed by atoms with E-state index in [4.69, 9.17) is 4.43 Å². The SMILES string of the molecule is CCO[SiH2]c1cc(C)cc(C)c1. The van der Waals surface area contributed by atoms with Crippen molar-refractivity contribution in [3.8, 4) is 0 Å². The fourth-order valence-electron chi connectivity index (χ4n) is 1.37. The van der Waals surface area contributed by atoms with E-state index in [2.05, 4.69) is 39.0 Å². The third-order valence-electron chi connectivity index (χ3n) is 1.75. The molecular formula is C10H16OSi. The lowest BCUT2D eigenvalue weighted by atomic mass is 10.2. The lowest BCUT2D eigenvalue weighted by Crippen LogP contribution is -2.18. The molecule has 0 bridgehead atoms. The first-order valence-electron chi connectivity index (χ1n) is 4.37. The van der Waals surface area contributed by atoms with Gasteiger partial charge in [0.1, 0.15) is 0 Å². The summed E-state index contributed by atoms with van der Waals surface area (Å²) in [5.74, 6) is 0. The van der Waals surface area contributed by atoms with Gasteiger partial charge in [0, 0.05) is 6.61 Å². The van der Waals surface area contributed by atoms with Gasteiger partial charge in [0.15, 0.2) is 9.76 Å². The lowest BCUT2D eigenvalue weighted by molar-refractivity contribution is 0.367. The van der Waals surface area contributed by atoms with Crippen LogP contribution in [-0.4, -0.2) is 16.4 Å². The largest absolute Gasteiger partial charge is 0.419 e. The molecule has 1 aromatic carbocycles. The van der Waals surface area contributed by atoms with Crippen molar-refractivity contribution in [3.05, 3.63) is 29.3 Å². The van der Waals surface area contributed by atoms with E-state index in [-0.39, 0.29) is 0 Å². The molecule has 0 saturated carbocycles. The van der Waals surface area contributed by atoms with E-state index >= 15 is 0 Å². The van der Waals surface area contributed by atoms with E-state index in [1.807, 2.05) is 0 Å². The number of benzene rings is 1. The van der Waals surface area contributed by atoms with E-state index in [0.29, 0.717) is 0 Å². The minimum atomic E-state index is -0.454. The van der Waals surface area contributed by atoms with Crippen molar-refractivity contribution in [2.24, 2.45) is 0 Å². The minimum Gasteiger partial charge on any atom is -0.419 e. The second-order valence-electron chi connectivity index (χ2n) is 3.13. The third kappa shape index (κ3) is 2.79. The highest BCUT2D eigenvalue weighted by Crippen LogP contribution is 1.99. The standard InChI is InChI=1S/C10H16OSi/c1-4-11-12-10-6-8(2)5-9(3)7-10/h5-7H,4,12H2,1-3H3. The predicted molar refractivity (Wildman–Crippen MR) is 55.7 cm³/mol. The van der Waals surface area contributed by atoms with Gasteiger partial charge < -0.3 is 4.43 Å². The molecular weight excluding hydrogens is 164 g/mol. The van der Waals surface area contributed by atoms with Crippen molar-refractivity contribution >= 4 is 14.9 Å². The van der Waals surface area contributed by atoms with Crippen LogP contribution in [0.4, 0.5) is 0 Å². The van der Waals surface area contributed by atoms with Gasteiger partial charge in [0.25, 0.3) is 0 Å². The summed E-state index contributed by atoms with van der Waals surface area (Å²) in [6.07, 6.45) is 0. The zero-order valence-electron chi connectivity index (χ0n) is 8.05. The maximum Gasteiger partial charge on any atom is 0.192 e. The van der Waals surface area contributed by atoms with Gasteiger partial charge in [-0.05, 0) is 26.0 Å². The van der Waals surface area contributed by atoms with E-state index in [0.717, 1.165) is 6.61 Å². The maximum atomic E-state index is 5.47. The summed E-state index contributed by atoms with van der Waals surface area (Å²) in [4.78, 5) is 0. The fourth-order valence-corrected chi connectivity index (χ4v) is 2.62. The summed E-state index contributed by atoms with van der Waals surface area (Å²) in [6, 6.07) is 6.66. The first-order valence-corrected chi connectivity index (χ1v) is 5.65. The molecule has 0 heterocycles. The zero-order valence-corrected chi connectivity index (χ0v) is 9.47. The van der Waals surface area contributed by atoms with Crippen molar-refractivity contribution in [3.63, 3.8) is 0 Å². The van der Waals surface area contributed by atoms with Crippen molar-refractivity contribution in [2.45, 2.75) is 20.8 Å². The highest BCUT2D eigenvalue weighted by Gasteiger charge is 1.95. The van der Waals surface area contributed by atoms with Crippen molar-refractivity contribution in [2.75, 3.05) is 6.61 Å². The average molecular weight is 180 g/mol. The Bertz CT molecular complexity index is 238. The van der Waals surface area contributed by atoms with Crippen LogP contribution < -0.4 is 5.19 Å². The molecule has 0 fully saturated rings. The Morgan fingerprint density at radius 1 is 1.17 bits per heavy atom. The molecule has 0 amide bonds. The van der Waals surface area contributed by atoms with Crippen LogP contribution in [-0.2, 0) is 4.43 Å². The monoisotopic (exact) mass is 180 g/mol. The molecule has 0 aromatic heterocycles. The number of rotatable bonds is 3. The van der Waals surface area contributed by atoms with Crippen LogP contribution in [0.5, 0.6) is 0 Å². The van der Waals surface area contributed by atoms with Gasteiger partial charge in [-0.2, -0.15) is 0 Å². The Balaban J connectivity index is 2.72. The minimum absolute atomic E-state index is 0.454. The van der Waals surface area contributed by atoms with Crippen molar-refractivity contribution < 1.29 is 4.43 Å². The molecule has 1 aromatic rings. The van der Waals surface area contributed by atoms with E-state index < -0.39 is 9.76 Å². The number of hydrogen-bond acceptors (Lipinski definition) is 1. The summed E-state index contributed by atoms with van der Waals surface area (Å²) < 4.78 is 5.47. The second-order valence-corrected chi connectivity index (χ2v) is 4.65. The zero-order chi connectivity index (χ0) is 8.97. The van der Waals surface area contributed by atoms with Crippen LogP contribution in [0.15, 0.2) is 18.2 Å². The fraction of sp³-hybridized carbons (Fsp3) is 0.400. The van der Waals surface area contributed by atoms with Crippen LogP contribution in [0, 0.1) is 13.8 Å². The Morgan fingerprint density at radius 2 is 1.75 bits per heavy atom. The molecule has 0 atom stereocenters. The van der Waals surface area contributed by atoms with E-state index in [1.165, 1.54) is 16.3 Å². The van der Waals surface area contributed by atoms with E-state index in [1.54, 1.807) is 0 Å². The Morgan fingerprint density at radius 3 is 2.25 bits per heavy atom. The van der Waals surface area contributed by atoms with Crippen molar-refractivity contribution in [1.29, 1.82) is 0 Å². The quantitative estimate of drug-likeness (QED) is 0.632. The molecule has 0 saturated heterocycles. The lowest BCUT2D eigenvalue weighted by Gasteiger charge is -2.03. The molecule has 0 aliphatic heterocycles. The van der Waals surface area contributed by atoms with Crippen LogP contribution in [0.2, 0.25) is 0 Å². The van der Waals surface area contributed by atoms with Gasteiger partial charge in [0.2, 0.25) is 0 Å². The topological polar surface area (TPSA) is 9.23 Å². The molecule has 66 valence electrons. The highest BCUT2D eigenvalue weighted by atomic mass is 28.2. The summed E-state index contributed by atoms with van der Waals surface area (Å²) >= 11 is 0. The average Bonchev–Trinajstić information content (AvgIpc) is 1.99. The summed E-state index contributed by atoms with van der Waals surface area (Å²) in [5.41, 5.74) is 2.69. The molecule has 0 radical (unpaired) electrons. The molecule has 0 aliphatic rings. The molecule has 0 aliphatic carbocycles. The van der Waals surface area contributed by atoms with Crippen LogP contribution in [0.3, 0.4) is 0 Å². The third-order valence-corrected chi connectivity index (χ3v) is 3.11. The number of aryl methyl sites for hydroxylation is 2. The molecule has 1 nitrogen and oxygen atoms in total. The molecule has 0 N–H and O–H groups in total. The van der Waals surface area contributed by atoms with Gasteiger partial charge in [-0.3, -0.25) is 0 Å². The molecule has 1 rings (SSSR count). The van der Waals surface area contributed by atoms with Crippen LogP contribution in [0.1, 0.15) is 18.1 Å². The van der Waals surface area contributed by atoms with Gasteiger partial charge in [-0.25, -0.2) is 0 Å². The Labute approximate surface area is 76.7 Å². The van der Waals surface area contributed by atoms with Gasteiger partial charge in [-0.1, -0.05) is 29.3 Å². The second kappa shape index (κ2) is 4.43. The normalized spacial score (nSPS) is 11.2. The highest BCUT2D eigenvalue weighted by molar-refractivity contribution is 6.46. The van der Waals surface area contributed by atoms with Gasteiger partial charge in [-0.15, -0.1) is 0 Å². The smallest absolute Gasteiger partial charge is 0.192 e. The summed E-state index contributed by atoms with van der Waals surface area (Å²) in [7, 11) is -0.454. The molecule has 12 heavy (non-hydrogen) atoms. The maximum absolute atomic E-state index is 5.47. The Kier molecular flexibility index (Phi) is 3.50. The summed E-state index contributed by atoms with van der Waals surface area (Å²) in [6.45, 7) is 7.17. The van der Waals surface area contributed by atoms with Crippen LogP contribution in [0.25, 0.3) is 0 Å². The first-order chi connectivity index (χ1) is 5.72. The Hall–Kier alpha value is -0.603. The summed E-state index contributed by atoms with van der Waals surface area (Å²) in [5, 5.41) is 1.41. The van der Waals surface area contributed by atoms with Crippen LogP contribution >= 0.6 is 0 Å².